The molecular formula is C22H26N4OS. The second kappa shape index (κ2) is 8.19. The molecule has 0 saturated carbocycles. The van der Waals surface area contributed by atoms with E-state index in [1.54, 1.807) is 6.92 Å². The maximum Gasteiger partial charge on any atom is 0.230 e. The van der Waals surface area contributed by atoms with Crippen molar-refractivity contribution in [2.45, 2.75) is 50.1 Å². The van der Waals surface area contributed by atoms with Gasteiger partial charge in [-0.25, -0.2) is 0 Å². The summed E-state index contributed by atoms with van der Waals surface area (Å²) < 4.78 is 2.05. The summed E-state index contributed by atoms with van der Waals surface area (Å²) in [7, 11) is 0. The second-order valence-electron chi connectivity index (χ2n) is 7.87. The molecule has 1 heterocycles. The fourth-order valence-electron chi connectivity index (χ4n) is 2.83. The van der Waals surface area contributed by atoms with Gasteiger partial charge in [0.25, 0.3) is 0 Å². The molecule has 0 aliphatic rings. The van der Waals surface area contributed by atoms with Crippen LogP contribution in [0.1, 0.15) is 38.8 Å². The van der Waals surface area contributed by atoms with Crippen molar-refractivity contribution in [3.8, 4) is 11.4 Å². The fourth-order valence-corrected chi connectivity index (χ4v) is 3.63. The van der Waals surface area contributed by atoms with Crippen LogP contribution in [0, 0.1) is 0 Å². The van der Waals surface area contributed by atoms with Crippen LogP contribution < -0.4 is 5.73 Å². The van der Waals surface area contributed by atoms with Crippen molar-refractivity contribution in [1.82, 2.24) is 14.8 Å². The number of aromatic nitrogens is 3. The summed E-state index contributed by atoms with van der Waals surface area (Å²) in [5.74, 6) is 0.416. The summed E-state index contributed by atoms with van der Waals surface area (Å²) >= 11 is 1.34. The molecule has 3 rings (SSSR count). The van der Waals surface area contributed by atoms with Gasteiger partial charge in [-0.3, -0.25) is 9.36 Å². The van der Waals surface area contributed by atoms with E-state index < -0.39 is 0 Å². The highest BCUT2D eigenvalue weighted by atomic mass is 32.2. The molecule has 0 bridgehead atoms. The number of nitrogens with zero attached hydrogens (tertiary/aromatic N) is 3. The standard InChI is InChI=1S/C22H26N4OS/c1-15(19(23)27)28-21-25-24-20(26(21)14-16-8-6-5-7-9-16)17-10-12-18(13-11-17)22(2,3)4/h5-13,15H,14H2,1-4H3,(H2,23,27). The summed E-state index contributed by atoms with van der Waals surface area (Å²) in [5, 5.41) is 9.08. The van der Waals surface area contributed by atoms with Gasteiger partial charge in [0.15, 0.2) is 11.0 Å². The van der Waals surface area contributed by atoms with Gasteiger partial charge in [0.1, 0.15) is 0 Å². The molecule has 2 N–H and O–H groups in total. The van der Waals surface area contributed by atoms with E-state index in [2.05, 4.69) is 67.4 Å². The Bertz CT molecular complexity index is 943. The van der Waals surface area contributed by atoms with Gasteiger partial charge in [0, 0.05) is 5.56 Å². The van der Waals surface area contributed by atoms with Crippen molar-refractivity contribution in [2.75, 3.05) is 0 Å². The maximum absolute atomic E-state index is 11.5. The van der Waals surface area contributed by atoms with E-state index in [0.717, 1.165) is 17.0 Å². The monoisotopic (exact) mass is 394 g/mol. The van der Waals surface area contributed by atoms with Gasteiger partial charge in [0.2, 0.25) is 5.91 Å². The number of thioether (sulfide) groups is 1. The third-order valence-corrected chi connectivity index (χ3v) is 5.69. The Morgan fingerprint density at radius 3 is 2.29 bits per heavy atom. The van der Waals surface area contributed by atoms with Crippen molar-refractivity contribution in [3.05, 3.63) is 65.7 Å². The molecule has 2 aromatic carbocycles. The number of carbonyl (C=O) groups excluding carboxylic acids is 1. The molecule has 0 fully saturated rings. The number of nitrogens with two attached hydrogens (primary N) is 1. The van der Waals surface area contributed by atoms with Crippen LogP contribution in [-0.4, -0.2) is 25.9 Å². The lowest BCUT2D eigenvalue weighted by atomic mass is 9.87. The molecule has 3 aromatic rings. The zero-order chi connectivity index (χ0) is 20.3. The molecule has 0 saturated heterocycles. The molecule has 1 amide bonds. The van der Waals surface area contributed by atoms with Crippen LogP contribution in [0.2, 0.25) is 0 Å². The minimum absolute atomic E-state index is 0.0914. The minimum atomic E-state index is -0.380. The van der Waals surface area contributed by atoms with Gasteiger partial charge in [0.05, 0.1) is 11.8 Å². The van der Waals surface area contributed by atoms with E-state index in [-0.39, 0.29) is 16.6 Å². The molecule has 6 heteroatoms. The fraction of sp³-hybridized carbons (Fsp3) is 0.318. The number of primary amides is 1. The number of amides is 1. The zero-order valence-electron chi connectivity index (χ0n) is 16.7. The number of rotatable bonds is 6. The summed E-state index contributed by atoms with van der Waals surface area (Å²) in [6, 6.07) is 18.6. The predicted molar refractivity (Wildman–Crippen MR) is 114 cm³/mol. The molecule has 146 valence electrons. The van der Waals surface area contributed by atoms with Crippen molar-refractivity contribution >= 4 is 17.7 Å². The van der Waals surface area contributed by atoms with Crippen LogP contribution >= 0.6 is 11.8 Å². The smallest absolute Gasteiger partial charge is 0.230 e. The van der Waals surface area contributed by atoms with Crippen LogP contribution in [0.3, 0.4) is 0 Å². The number of benzene rings is 2. The Labute approximate surface area is 170 Å². The quantitative estimate of drug-likeness (QED) is 0.634. The Hall–Kier alpha value is -2.60. The van der Waals surface area contributed by atoms with Crippen LogP contribution in [0.5, 0.6) is 0 Å². The Kier molecular flexibility index (Phi) is 5.89. The van der Waals surface area contributed by atoms with E-state index in [9.17, 15) is 4.79 Å². The van der Waals surface area contributed by atoms with Crippen molar-refractivity contribution in [3.63, 3.8) is 0 Å². The van der Waals surface area contributed by atoms with Gasteiger partial charge in [-0.15, -0.1) is 10.2 Å². The average molecular weight is 395 g/mol. The molecule has 0 radical (unpaired) electrons. The van der Waals surface area contributed by atoms with Crippen molar-refractivity contribution in [1.29, 1.82) is 0 Å². The van der Waals surface area contributed by atoms with E-state index in [1.165, 1.54) is 17.3 Å². The largest absolute Gasteiger partial charge is 0.369 e. The first-order valence-corrected chi connectivity index (χ1v) is 10.2. The molecule has 1 atom stereocenters. The van der Waals surface area contributed by atoms with Crippen LogP contribution in [0.15, 0.2) is 59.8 Å². The molecule has 5 nitrogen and oxygen atoms in total. The molecule has 0 aliphatic heterocycles. The summed E-state index contributed by atoms with van der Waals surface area (Å²) in [6.07, 6.45) is 0. The lowest BCUT2D eigenvalue weighted by Gasteiger charge is -2.19. The lowest BCUT2D eigenvalue weighted by molar-refractivity contribution is -0.117. The highest BCUT2D eigenvalue weighted by Crippen LogP contribution is 2.29. The first-order chi connectivity index (χ1) is 13.3. The Morgan fingerprint density at radius 2 is 1.71 bits per heavy atom. The maximum atomic E-state index is 11.5. The molecule has 1 unspecified atom stereocenters. The first kappa shape index (κ1) is 20.1. The van der Waals surface area contributed by atoms with Crippen LogP contribution in [0.25, 0.3) is 11.4 Å². The highest BCUT2D eigenvalue weighted by Gasteiger charge is 2.20. The minimum Gasteiger partial charge on any atom is -0.369 e. The average Bonchev–Trinajstić information content (AvgIpc) is 3.04. The zero-order valence-corrected chi connectivity index (χ0v) is 17.5. The normalized spacial score (nSPS) is 12.7. The third kappa shape index (κ3) is 4.62. The summed E-state index contributed by atoms with van der Waals surface area (Å²) in [5.41, 5.74) is 8.94. The van der Waals surface area contributed by atoms with Gasteiger partial charge in [-0.1, -0.05) is 87.1 Å². The van der Waals surface area contributed by atoms with E-state index >= 15 is 0 Å². The molecule has 1 aromatic heterocycles. The second-order valence-corrected chi connectivity index (χ2v) is 9.18. The summed E-state index contributed by atoms with van der Waals surface area (Å²) in [4.78, 5) is 11.5. The molecular weight excluding hydrogens is 368 g/mol. The van der Waals surface area contributed by atoms with E-state index in [4.69, 9.17) is 5.73 Å². The topological polar surface area (TPSA) is 73.8 Å². The van der Waals surface area contributed by atoms with Crippen LogP contribution in [0.4, 0.5) is 0 Å². The van der Waals surface area contributed by atoms with Crippen molar-refractivity contribution < 1.29 is 4.79 Å². The molecule has 0 aliphatic carbocycles. The SMILES string of the molecule is CC(Sc1nnc(-c2ccc(C(C)(C)C)cc2)n1Cc1ccccc1)C(N)=O. The Balaban J connectivity index is 2.00. The predicted octanol–water partition coefficient (Wildman–Crippen LogP) is 4.26. The lowest BCUT2D eigenvalue weighted by Crippen LogP contribution is -2.23. The number of hydrogen-bond acceptors (Lipinski definition) is 4. The van der Waals surface area contributed by atoms with E-state index in [1.807, 2.05) is 22.8 Å². The number of carbonyl (C=O) groups is 1. The van der Waals surface area contributed by atoms with E-state index in [0.29, 0.717) is 11.7 Å². The number of hydrogen-bond donors (Lipinski definition) is 1. The van der Waals surface area contributed by atoms with Gasteiger partial charge < -0.3 is 5.73 Å². The van der Waals surface area contributed by atoms with Crippen LogP contribution in [-0.2, 0) is 16.8 Å². The summed E-state index contributed by atoms with van der Waals surface area (Å²) in [6.45, 7) is 8.99. The van der Waals surface area contributed by atoms with Crippen molar-refractivity contribution in [2.24, 2.45) is 5.73 Å². The molecule has 28 heavy (non-hydrogen) atoms. The van der Waals surface area contributed by atoms with Gasteiger partial charge in [-0.2, -0.15) is 0 Å². The highest BCUT2D eigenvalue weighted by molar-refractivity contribution is 8.00. The first-order valence-electron chi connectivity index (χ1n) is 9.29. The Morgan fingerprint density at radius 1 is 1.07 bits per heavy atom. The van der Waals surface area contributed by atoms with Gasteiger partial charge >= 0.3 is 0 Å². The van der Waals surface area contributed by atoms with Gasteiger partial charge in [-0.05, 0) is 23.5 Å². The molecule has 0 spiro atoms. The third-order valence-electron chi connectivity index (χ3n) is 4.59.